The molecular weight excluding hydrogens is 809 g/mol. The number of aryl methyl sites for hydroxylation is 2. The maximum absolute atomic E-state index is 15.2. The summed E-state index contributed by atoms with van der Waals surface area (Å²) >= 11 is 16.4. The van der Waals surface area contributed by atoms with E-state index in [1.54, 1.807) is 44.2 Å². The van der Waals surface area contributed by atoms with Crippen LogP contribution in [-0.4, -0.2) is 38.5 Å². The summed E-state index contributed by atoms with van der Waals surface area (Å²) in [4.78, 5) is 52.2. The van der Waals surface area contributed by atoms with Crippen LogP contribution in [0.4, 0.5) is 33.3 Å². The Morgan fingerprint density at radius 3 is 1.92 bits per heavy atom. The van der Waals surface area contributed by atoms with Crippen LogP contribution in [0, 0.1) is 64.3 Å². The summed E-state index contributed by atoms with van der Waals surface area (Å²) < 4.78 is 74.1. The summed E-state index contributed by atoms with van der Waals surface area (Å²) in [6.07, 6.45) is 1.03. The van der Waals surface area contributed by atoms with Gasteiger partial charge in [0.05, 0.1) is 17.5 Å². The zero-order valence-corrected chi connectivity index (χ0v) is 28.9. The fraction of sp³-hybridized carbons (Fsp3) is 0.294. The van der Waals surface area contributed by atoms with Crippen LogP contribution in [0.5, 0.6) is 5.75 Å². The lowest BCUT2D eigenvalue weighted by atomic mass is 9.56. The Balaban J connectivity index is 1.45. The molecular formula is C34H22Cl2F5IN2O5. The molecule has 0 radical (unpaired) electrons. The van der Waals surface area contributed by atoms with Crippen LogP contribution in [0.25, 0.3) is 0 Å². The van der Waals surface area contributed by atoms with Crippen LogP contribution in [0.3, 0.4) is 0 Å². The number of carbonyl (C=O) groups is 4. The first-order chi connectivity index (χ1) is 23.0. The number of fused-ring (bicyclic) bond motifs is 4. The normalized spacial score (nSPS) is 29.3. The highest BCUT2D eigenvalue weighted by molar-refractivity contribution is 14.1. The minimum atomic E-state index is -2.64. The third-order valence-electron chi connectivity index (χ3n) is 10.2. The van der Waals surface area contributed by atoms with E-state index in [1.807, 2.05) is 0 Å². The van der Waals surface area contributed by atoms with Gasteiger partial charge in [-0.05, 0) is 96.2 Å². The van der Waals surface area contributed by atoms with Gasteiger partial charge >= 0.3 is 0 Å². The number of anilines is 2. The van der Waals surface area contributed by atoms with Gasteiger partial charge in [0.25, 0.3) is 11.8 Å². The van der Waals surface area contributed by atoms with Crippen LogP contribution < -0.4 is 9.80 Å². The number of benzene rings is 3. The fourth-order valence-corrected chi connectivity index (χ4v) is 9.24. The summed E-state index contributed by atoms with van der Waals surface area (Å²) in [7, 11) is 0. The first kappa shape index (κ1) is 33.9. The summed E-state index contributed by atoms with van der Waals surface area (Å²) in [5.41, 5.74) is -0.365. The number of carbonyl (C=O) groups excluding carboxylic acids is 4. The van der Waals surface area contributed by atoms with E-state index in [1.165, 1.54) is 12.1 Å². The van der Waals surface area contributed by atoms with Gasteiger partial charge in [0.2, 0.25) is 17.6 Å². The van der Waals surface area contributed by atoms with Gasteiger partial charge in [0, 0.05) is 9.49 Å². The number of allylic oxidation sites excluding steroid dienone is 2. The summed E-state index contributed by atoms with van der Waals surface area (Å²) in [5.74, 6) is -21.1. The third-order valence-corrected chi connectivity index (χ3v) is 12.3. The average molecular weight is 831 g/mol. The van der Waals surface area contributed by atoms with Gasteiger partial charge in [-0.1, -0.05) is 23.8 Å². The highest BCUT2D eigenvalue weighted by Crippen LogP contribution is 2.66. The molecule has 254 valence electrons. The zero-order valence-electron chi connectivity index (χ0n) is 25.3. The van der Waals surface area contributed by atoms with E-state index < -0.39 is 98.2 Å². The molecule has 2 aliphatic carbocycles. The molecule has 7 rings (SSSR count). The second-order valence-electron chi connectivity index (χ2n) is 12.7. The number of phenolic OH excluding ortho intramolecular Hbond substituents is 1. The van der Waals surface area contributed by atoms with E-state index in [0.29, 0.717) is 22.4 Å². The number of aromatic hydroxyl groups is 1. The van der Waals surface area contributed by atoms with Crippen molar-refractivity contribution in [2.45, 2.75) is 42.4 Å². The Bertz CT molecular complexity index is 2050. The molecule has 3 fully saturated rings. The molecule has 0 bridgehead atoms. The molecule has 3 aromatic rings. The number of rotatable bonds is 3. The van der Waals surface area contributed by atoms with Crippen molar-refractivity contribution in [1.29, 1.82) is 0 Å². The Hall–Kier alpha value is -3.56. The van der Waals surface area contributed by atoms with Crippen molar-refractivity contribution in [3.8, 4) is 5.75 Å². The van der Waals surface area contributed by atoms with E-state index >= 15 is 8.78 Å². The zero-order chi connectivity index (χ0) is 35.6. The maximum Gasteiger partial charge on any atom is 0.258 e. The van der Waals surface area contributed by atoms with Gasteiger partial charge in [-0.2, -0.15) is 0 Å². The van der Waals surface area contributed by atoms with E-state index in [0.717, 1.165) is 8.47 Å². The number of imide groups is 2. The molecule has 0 aromatic heterocycles. The third kappa shape index (κ3) is 4.36. The molecule has 2 aliphatic heterocycles. The van der Waals surface area contributed by atoms with Gasteiger partial charge in [0.15, 0.2) is 33.0 Å². The molecule has 49 heavy (non-hydrogen) atoms. The van der Waals surface area contributed by atoms with E-state index in [-0.39, 0.29) is 22.6 Å². The number of amides is 4. The van der Waals surface area contributed by atoms with Crippen LogP contribution in [-0.2, 0) is 19.2 Å². The van der Waals surface area contributed by atoms with Gasteiger partial charge in [-0.25, -0.2) is 26.9 Å². The van der Waals surface area contributed by atoms with Crippen LogP contribution in [0.15, 0.2) is 48.0 Å². The first-order valence-corrected chi connectivity index (χ1v) is 16.7. The number of hydrogen-bond acceptors (Lipinski definition) is 5. The topological polar surface area (TPSA) is 95.0 Å². The lowest BCUT2D eigenvalue weighted by molar-refractivity contribution is -0.125. The van der Waals surface area contributed by atoms with Gasteiger partial charge in [0.1, 0.15) is 11.4 Å². The predicted molar refractivity (Wildman–Crippen MR) is 176 cm³/mol. The number of halogens is 8. The minimum absolute atomic E-state index is 0.0141. The molecule has 3 aromatic carbocycles. The molecule has 1 N–H and O–H groups in total. The second-order valence-corrected chi connectivity index (χ2v) is 15.2. The van der Waals surface area contributed by atoms with Gasteiger partial charge in [-0.15, -0.1) is 23.2 Å². The average Bonchev–Trinajstić information content (AvgIpc) is 3.40. The first-order valence-electron chi connectivity index (χ1n) is 14.9. The Morgan fingerprint density at radius 1 is 0.796 bits per heavy atom. The molecule has 7 nitrogen and oxygen atoms in total. The van der Waals surface area contributed by atoms with Crippen molar-refractivity contribution < 1.29 is 46.2 Å². The minimum Gasteiger partial charge on any atom is -0.507 e. The smallest absolute Gasteiger partial charge is 0.258 e. The number of nitrogens with zero attached hydrogens (tertiary/aromatic N) is 2. The molecule has 1 saturated carbocycles. The van der Waals surface area contributed by atoms with Crippen molar-refractivity contribution in [2.24, 2.45) is 17.8 Å². The molecule has 4 aliphatic rings. The molecule has 0 spiro atoms. The van der Waals surface area contributed by atoms with Crippen molar-refractivity contribution in [3.63, 3.8) is 0 Å². The molecule has 0 unspecified atom stereocenters. The fourth-order valence-electron chi connectivity index (χ4n) is 7.94. The Morgan fingerprint density at radius 2 is 1.35 bits per heavy atom. The van der Waals surface area contributed by atoms with Crippen molar-refractivity contribution in [3.05, 3.63) is 97.4 Å². The van der Waals surface area contributed by atoms with Crippen molar-refractivity contribution in [1.82, 2.24) is 0 Å². The monoisotopic (exact) mass is 830 g/mol. The molecule has 15 heteroatoms. The van der Waals surface area contributed by atoms with Crippen LogP contribution >= 0.6 is 45.8 Å². The second kappa shape index (κ2) is 11.2. The lowest BCUT2D eigenvalue weighted by Gasteiger charge is -2.50. The molecule has 2 saturated heterocycles. The quantitative estimate of drug-likeness (QED) is 0.0580. The van der Waals surface area contributed by atoms with Crippen LogP contribution in [0.2, 0.25) is 0 Å². The van der Waals surface area contributed by atoms with Crippen molar-refractivity contribution in [2.75, 3.05) is 9.80 Å². The number of alkyl halides is 2. The lowest BCUT2D eigenvalue weighted by Crippen LogP contribution is -2.60. The van der Waals surface area contributed by atoms with Gasteiger partial charge < -0.3 is 5.11 Å². The van der Waals surface area contributed by atoms with E-state index in [2.05, 4.69) is 22.6 Å². The van der Waals surface area contributed by atoms with Gasteiger partial charge in [-0.3, -0.25) is 24.1 Å². The molecule has 6 atom stereocenters. The Kier molecular flexibility index (Phi) is 7.77. The van der Waals surface area contributed by atoms with Crippen LogP contribution in [0.1, 0.15) is 35.4 Å². The highest BCUT2D eigenvalue weighted by atomic mass is 127. The number of phenols is 1. The summed E-state index contributed by atoms with van der Waals surface area (Å²) in [6, 6.07) is 9.54. The predicted octanol–water partition coefficient (Wildman–Crippen LogP) is 7.08. The van der Waals surface area contributed by atoms with E-state index in [4.69, 9.17) is 23.2 Å². The molecule has 4 amide bonds. The number of hydrogen-bond donors (Lipinski definition) is 1. The molecule has 2 heterocycles. The Labute approximate surface area is 298 Å². The largest absolute Gasteiger partial charge is 0.507 e. The summed E-state index contributed by atoms with van der Waals surface area (Å²) in [6.45, 7) is 3.10. The van der Waals surface area contributed by atoms with E-state index in [9.17, 15) is 37.5 Å². The highest BCUT2D eigenvalue weighted by Gasteiger charge is 2.77. The standard InChI is InChI=1S/C34H22Cl2F5IN2O5/c1-12-9-14(10-13(2)28(12)45)21-17-7-8-18-20(30(47)43(29(18)46)16-5-3-15(42)4-6-16)19(17)11-33(35)31(48)44(32(49)34(21,33)36)27-25(40)23(38)22(37)24(39)26(27)41/h3-7,9-10,18-21,45H,8,11H2,1-2H3/t18-,19+,20-,21-,33+,34-/m0/s1. The van der Waals surface area contributed by atoms with Crippen molar-refractivity contribution >= 4 is 80.8 Å². The SMILES string of the molecule is Cc1cc([C@H]2C3=CC[C@@H]4C(=O)N(c5ccc(I)cc5)C(=O)[C@@H]4[C@@H]3C[C@@]3(Cl)C(=O)N(c4c(F)c(F)c(F)c(F)c4F)C(=O)[C@@]23Cl)cc(C)c1O. The summed E-state index contributed by atoms with van der Waals surface area (Å²) in [5, 5.41) is 10.5. The maximum atomic E-state index is 15.2.